The van der Waals surface area contributed by atoms with E-state index >= 15 is 0 Å². The van der Waals surface area contributed by atoms with Gasteiger partial charge in [0.15, 0.2) is 0 Å². The van der Waals surface area contributed by atoms with Gasteiger partial charge in [0.2, 0.25) is 10.0 Å². The SMILES string of the molecule is CN(CCC1CNC1)S(C)(=O)=O. The van der Waals surface area contributed by atoms with Crippen LogP contribution in [-0.4, -0.2) is 45.7 Å². The normalized spacial score (nSPS) is 19.6. The zero-order chi connectivity index (χ0) is 9.19. The molecule has 0 aromatic rings. The van der Waals surface area contributed by atoms with Crippen LogP contribution in [0.5, 0.6) is 0 Å². The van der Waals surface area contributed by atoms with Gasteiger partial charge in [-0.1, -0.05) is 0 Å². The Hall–Kier alpha value is -0.130. The summed E-state index contributed by atoms with van der Waals surface area (Å²) in [5.74, 6) is 0.675. The van der Waals surface area contributed by atoms with Crippen molar-refractivity contribution in [1.29, 1.82) is 0 Å². The van der Waals surface area contributed by atoms with Gasteiger partial charge in [0.1, 0.15) is 0 Å². The third-order valence-corrected chi connectivity index (χ3v) is 3.60. The highest BCUT2D eigenvalue weighted by Crippen LogP contribution is 2.09. The lowest BCUT2D eigenvalue weighted by Crippen LogP contribution is -2.43. The standard InChI is InChI=1S/C7H16N2O2S/c1-9(12(2,10)11)4-3-7-5-8-6-7/h7-8H,3-6H2,1-2H3. The van der Waals surface area contributed by atoms with Crippen molar-refractivity contribution in [2.75, 3.05) is 32.9 Å². The summed E-state index contributed by atoms with van der Waals surface area (Å²) in [5.41, 5.74) is 0. The Labute approximate surface area is 74.0 Å². The molecule has 1 aliphatic heterocycles. The molecule has 0 unspecified atom stereocenters. The van der Waals surface area contributed by atoms with Crippen LogP contribution in [0.25, 0.3) is 0 Å². The fourth-order valence-corrected chi connectivity index (χ4v) is 1.52. The largest absolute Gasteiger partial charge is 0.316 e. The average Bonchev–Trinajstić information content (AvgIpc) is 1.81. The van der Waals surface area contributed by atoms with Gasteiger partial charge in [-0.2, -0.15) is 0 Å². The molecule has 1 saturated heterocycles. The molecule has 1 rings (SSSR count). The Bertz CT molecular complexity index is 234. The van der Waals surface area contributed by atoms with Crippen LogP contribution in [0, 0.1) is 5.92 Å². The molecule has 72 valence electrons. The number of nitrogens with zero attached hydrogens (tertiary/aromatic N) is 1. The fraction of sp³-hybridized carbons (Fsp3) is 1.00. The van der Waals surface area contributed by atoms with E-state index in [9.17, 15) is 8.42 Å². The van der Waals surface area contributed by atoms with Crippen molar-refractivity contribution in [2.24, 2.45) is 5.92 Å². The van der Waals surface area contributed by atoms with E-state index in [-0.39, 0.29) is 0 Å². The van der Waals surface area contributed by atoms with Crippen molar-refractivity contribution in [3.63, 3.8) is 0 Å². The smallest absolute Gasteiger partial charge is 0.210 e. The molecule has 0 bridgehead atoms. The van der Waals surface area contributed by atoms with Crippen LogP contribution in [0.4, 0.5) is 0 Å². The summed E-state index contributed by atoms with van der Waals surface area (Å²) in [5, 5.41) is 3.16. The molecule has 0 aliphatic carbocycles. The summed E-state index contributed by atoms with van der Waals surface area (Å²) in [6, 6.07) is 0. The summed E-state index contributed by atoms with van der Waals surface area (Å²) in [4.78, 5) is 0. The van der Waals surface area contributed by atoms with Crippen LogP contribution in [0.3, 0.4) is 0 Å². The average molecular weight is 192 g/mol. The first kappa shape index (κ1) is 9.95. The van der Waals surface area contributed by atoms with Crippen molar-refractivity contribution in [1.82, 2.24) is 9.62 Å². The van der Waals surface area contributed by atoms with Gasteiger partial charge in [-0.25, -0.2) is 12.7 Å². The predicted octanol–water partition coefficient (Wildman–Crippen LogP) is -0.513. The minimum Gasteiger partial charge on any atom is -0.316 e. The van der Waals surface area contributed by atoms with Crippen molar-refractivity contribution in [3.05, 3.63) is 0 Å². The summed E-state index contributed by atoms with van der Waals surface area (Å²) in [7, 11) is -1.34. The molecule has 0 radical (unpaired) electrons. The van der Waals surface area contributed by atoms with E-state index in [0.717, 1.165) is 19.5 Å². The molecule has 1 fully saturated rings. The molecular weight excluding hydrogens is 176 g/mol. The van der Waals surface area contributed by atoms with Crippen LogP contribution >= 0.6 is 0 Å². The van der Waals surface area contributed by atoms with Crippen LogP contribution in [0.2, 0.25) is 0 Å². The number of rotatable bonds is 4. The molecule has 0 aromatic carbocycles. The molecule has 1 N–H and O–H groups in total. The minimum atomic E-state index is -2.97. The summed E-state index contributed by atoms with van der Waals surface area (Å²) in [6.07, 6.45) is 2.21. The van der Waals surface area contributed by atoms with Gasteiger partial charge in [-0.15, -0.1) is 0 Å². The van der Waals surface area contributed by atoms with Gasteiger partial charge in [-0.05, 0) is 25.4 Å². The molecular formula is C7H16N2O2S. The Morgan fingerprint density at radius 2 is 2.08 bits per heavy atom. The van der Waals surface area contributed by atoms with E-state index in [2.05, 4.69) is 5.32 Å². The maximum atomic E-state index is 11.0. The van der Waals surface area contributed by atoms with E-state index in [1.54, 1.807) is 7.05 Å². The maximum absolute atomic E-state index is 11.0. The van der Waals surface area contributed by atoms with Crippen LogP contribution in [0.1, 0.15) is 6.42 Å². The van der Waals surface area contributed by atoms with Crippen LogP contribution in [0.15, 0.2) is 0 Å². The molecule has 0 atom stereocenters. The van der Waals surface area contributed by atoms with Crippen LogP contribution < -0.4 is 5.32 Å². The molecule has 4 nitrogen and oxygen atoms in total. The zero-order valence-corrected chi connectivity index (χ0v) is 8.39. The molecule has 0 amide bonds. The van der Waals surface area contributed by atoms with Crippen molar-refractivity contribution < 1.29 is 8.42 Å². The van der Waals surface area contributed by atoms with Gasteiger partial charge >= 0.3 is 0 Å². The fourth-order valence-electron chi connectivity index (χ4n) is 1.08. The third-order valence-electron chi connectivity index (χ3n) is 2.28. The predicted molar refractivity (Wildman–Crippen MR) is 48.5 cm³/mol. The number of nitrogens with one attached hydrogen (secondary N) is 1. The first-order valence-corrected chi connectivity index (χ1v) is 5.97. The van der Waals surface area contributed by atoms with E-state index < -0.39 is 10.0 Å². The highest BCUT2D eigenvalue weighted by Gasteiger charge is 2.18. The van der Waals surface area contributed by atoms with Gasteiger partial charge in [0.05, 0.1) is 6.26 Å². The van der Waals surface area contributed by atoms with Crippen molar-refractivity contribution in [3.8, 4) is 0 Å². The lowest BCUT2D eigenvalue weighted by atomic mass is 10.00. The number of hydrogen-bond acceptors (Lipinski definition) is 3. The van der Waals surface area contributed by atoms with E-state index in [1.807, 2.05) is 0 Å². The van der Waals surface area contributed by atoms with E-state index in [1.165, 1.54) is 10.6 Å². The van der Waals surface area contributed by atoms with E-state index in [0.29, 0.717) is 12.5 Å². The minimum absolute atomic E-state index is 0.644. The third kappa shape index (κ3) is 2.73. The Kier molecular flexibility index (Phi) is 3.09. The number of hydrogen-bond donors (Lipinski definition) is 1. The lowest BCUT2D eigenvalue weighted by molar-refractivity contribution is 0.303. The van der Waals surface area contributed by atoms with Crippen molar-refractivity contribution in [2.45, 2.75) is 6.42 Å². The summed E-state index contributed by atoms with van der Waals surface area (Å²) >= 11 is 0. The second-order valence-electron chi connectivity index (χ2n) is 3.40. The Morgan fingerprint density at radius 3 is 2.42 bits per heavy atom. The monoisotopic (exact) mass is 192 g/mol. The molecule has 12 heavy (non-hydrogen) atoms. The van der Waals surface area contributed by atoms with E-state index in [4.69, 9.17) is 0 Å². The quantitative estimate of drug-likeness (QED) is 0.652. The van der Waals surface area contributed by atoms with Gasteiger partial charge in [0.25, 0.3) is 0 Å². The van der Waals surface area contributed by atoms with Crippen LogP contribution in [-0.2, 0) is 10.0 Å². The molecule has 1 heterocycles. The summed E-state index contributed by atoms with van der Waals surface area (Å²) in [6.45, 7) is 2.72. The van der Waals surface area contributed by atoms with Crippen molar-refractivity contribution >= 4 is 10.0 Å². The van der Waals surface area contributed by atoms with Gasteiger partial charge in [0, 0.05) is 13.6 Å². The highest BCUT2D eigenvalue weighted by atomic mass is 32.2. The molecule has 0 aromatic heterocycles. The maximum Gasteiger partial charge on any atom is 0.210 e. The van der Waals surface area contributed by atoms with Gasteiger partial charge < -0.3 is 5.32 Å². The summed E-state index contributed by atoms with van der Waals surface area (Å²) < 4.78 is 23.3. The molecule has 5 heteroatoms. The Balaban J connectivity index is 2.22. The van der Waals surface area contributed by atoms with Gasteiger partial charge in [-0.3, -0.25) is 0 Å². The molecule has 0 spiro atoms. The molecule has 1 aliphatic rings. The molecule has 0 saturated carbocycles. The highest BCUT2D eigenvalue weighted by molar-refractivity contribution is 7.88. The number of sulfonamides is 1. The first-order chi connectivity index (χ1) is 5.50. The Morgan fingerprint density at radius 1 is 1.50 bits per heavy atom. The second-order valence-corrected chi connectivity index (χ2v) is 5.49. The zero-order valence-electron chi connectivity index (χ0n) is 7.58. The lowest BCUT2D eigenvalue weighted by Gasteiger charge is -2.28. The topological polar surface area (TPSA) is 49.4 Å². The first-order valence-electron chi connectivity index (χ1n) is 4.12. The second kappa shape index (κ2) is 3.72.